The molecular weight excluding hydrogens is 242 g/mol. The molecule has 1 N–H and O–H groups in total. The zero-order valence-electron chi connectivity index (χ0n) is 8.27. The molecule has 1 aromatic heterocycles. The fourth-order valence-electron chi connectivity index (χ4n) is 1.43. The van der Waals surface area contributed by atoms with E-state index in [-0.39, 0.29) is 5.57 Å². The van der Waals surface area contributed by atoms with Crippen LogP contribution in [0.1, 0.15) is 11.0 Å². The number of thiophene rings is 1. The first-order valence-electron chi connectivity index (χ1n) is 4.59. The van der Waals surface area contributed by atoms with E-state index in [0.29, 0.717) is 9.90 Å². The Labute approximate surface area is 102 Å². The van der Waals surface area contributed by atoms with Crippen LogP contribution in [0.4, 0.5) is 0 Å². The first-order chi connectivity index (χ1) is 7.65. The second kappa shape index (κ2) is 4.26. The van der Waals surface area contributed by atoms with Crippen molar-refractivity contribution in [1.82, 2.24) is 0 Å². The summed E-state index contributed by atoms with van der Waals surface area (Å²) < 4.78 is 0.993. The van der Waals surface area contributed by atoms with E-state index in [1.807, 2.05) is 30.3 Å². The summed E-state index contributed by atoms with van der Waals surface area (Å²) in [7, 11) is 0. The molecule has 0 bridgehead atoms. The molecular formula is C12H8ClNOS. The van der Waals surface area contributed by atoms with E-state index in [9.17, 15) is 5.11 Å². The Morgan fingerprint density at radius 3 is 2.81 bits per heavy atom. The van der Waals surface area contributed by atoms with Crippen LogP contribution in [-0.2, 0) is 0 Å². The van der Waals surface area contributed by atoms with Gasteiger partial charge < -0.3 is 5.11 Å². The predicted molar refractivity (Wildman–Crippen MR) is 66.5 cm³/mol. The van der Waals surface area contributed by atoms with Crippen LogP contribution >= 0.6 is 22.9 Å². The summed E-state index contributed by atoms with van der Waals surface area (Å²) in [5.41, 5.74) is 0.105. The molecule has 1 aromatic carbocycles. The van der Waals surface area contributed by atoms with Gasteiger partial charge in [-0.2, -0.15) is 5.26 Å². The van der Waals surface area contributed by atoms with Gasteiger partial charge in [-0.3, -0.25) is 0 Å². The maximum absolute atomic E-state index is 9.87. The summed E-state index contributed by atoms with van der Waals surface area (Å²) in [6.07, 6.45) is -1.00. The number of nitrogens with zero attached hydrogens (tertiary/aromatic N) is 1. The van der Waals surface area contributed by atoms with Crippen molar-refractivity contribution in [3.63, 3.8) is 0 Å². The summed E-state index contributed by atoms with van der Waals surface area (Å²) in [6, 6.07) is 9.45. The van der Waals surface area contributed by atoms with Crippen molar-refractivity contribution in [2.24, 2.45) is 0 Å². The first kappa shape index (κ1) is 11.2. The van der Waals surface area contributed by atoms with Gasteiger partial charge in [0.15, 0.2) is 0 Å². The van der Waals surface area contributed by atoms with Gasteiger partial charge in [-0.05, 0) is 6.07 Å². The molecule has 0 saturated heterocycles. The van der Waals surface area contributed by atoms with Gasteiger partial charge in [-0.25, -0.2) is 0 Å². The largest absolute Gasteiger partial charge is 0.382 e. The molecule has 2 nitrogen and oxygen atoms in total. The van der Waals surface area contributed by atoms with E-state index in [1.165, 1.54) is 11.3 Å². The van der Waals surface area contributed by atoms with Gasteiger partial charge in [0.25, 0.3) is 0 Å². The van der Waals surface area contributed by atoms with Crippen LogP contribution in [0.3, 0.4) is 0 Å². The topological polar surface area (TPSA) is 44.0 Å². The SMILES string of the molecule is C=C(C#N)C(O)c1sc2ccccc2c1Cl. The zero-order valence-corrected chi connectivity index (χ0v) is 9.85. The molecule has 0 amide bonds. The van der Waals surface area contributed by atoms with Gasteiger partial charge in [0.1, 0.15) is 6.10 Å². The van der Waals surface area contributed by atoms with E-state index in [4.69, 9.17) is 16.9 Å². The quantitative estimate of drug-likeness (QED) is 0.826. The van der Waals surface area contributed by atoms with Crippen LogP contribution in [0.15, 0.2) is 36.4 Å². The number of aliphatic hydroxyl groups is 1. The molecule has 0 spiro atoms. The van der Waals surface area contributed by atoms with Gasteiger partial charge in [0, 0.05) is 10.1 Å². The minimum Gasteiger partial charge on any atom is -0.382 e. The minimum absolute atomic E-state index is 0.105. The number of halogens is 1. The number of aliphatic hydroxyl groups excluding tert-OH is 1. The van der Waals surface area contributed by atoms with Gasteiger partial charge in [-0.15, -0.1) is 11.3 Å². The lowest BCUT2D eigenvalue weighted by Gasteiger charge is -2.05. The highest BCUT2D eigenvalue weighted by molar-refractivity contribution is 7.19. The number of nitriles is 1. The Morgan fingerprint density at radius 1 is 1.50 bits per heavy atom. The van der Waals surface area contributed by atoms with Crippen molar-refractivity contribution < 1.29 is 5.11 Å². The van der Waals surface area contributed by atoms with Crippen LogP contribution in [0.25, 0.3) is 10.1 Å². The summed E-state index contributed by atoms with van der Waals surface area (Å²) in [6.45, 7) is 3.50. The average molecular weight is 250 g/mol. The predicted octanol–water partition coefficient (Wildman–Crippen LogP) is 3.67. The van der Waals surface area contributed by atoms with Crippen molar-refractivity contribution in [2.45, 2.75) is 6.10 Å². The number of rotatable bonds is 2. The Morgan fingerprint density at radius 2 is 2.19 bits per heavy atom. The lowest BCUT2D eigenvalue weighted by atomic mass is 10.1. The highest BCUT2D eigenvalue weighted by atomic mass is 35.5. The lowest BCUT2D eigenvalue weighted by Crippen LogP contribution is -1.96. The highest BCUT2D eigenvalue weighted by Gasteiger charge is 2.19. The van der Waals surface area contributed by atoms with Crippen molar-refractivity contribution in [3.8, 4) is 6.07 Å². The van der Waals surface area contributed by atoms with Gasteiger partial charge in [-0.1, -0.05) is 36.4 Å². The van der Waals surface area contributed by atoms with E-state index in [2.05, 4.69) is 6.58 Å². The van der Waals surface area contributed by atoms with E-state index >= 15 is 0 Å². The van der Waals surface area contributed by atoms with Gasteiger partial charge in [0.2, 0.25) is 0 Å². The molecule has 2 rings (SSSR count). The molecule has 1 atom stereocenters. The standard InChI is InChI=1S/C12H8ClNOS/c1-7(6-14)11(15)12-10(13)8-4-2-3-5-9(8)16-12/h2-5,11,15H,1H2. The zero-order chi connectivity index (χ0) is 11.7. The van der Waals surface area contributed by atoms with E-state index < -0.39 is 6.10 Å². The summed E-state index contributed by atoms with van der Waals surface area (Å²) in [5, 5.41) is 20.0. The van der Waals surface area contributed by atoms with Crippen LogP contribution < -0.4 is 0 Å². The number of benzene rings is 1. The molecule has 4 heteroatoms. The van der Waals surface area contributed by atoms with Crippen molar-refractivity contribution in [2.75, 3.05) is 0 Å². The lowest BCUT2D eigenvalue weighted by molar-refractivity contribution is 0.225. The summed E-state index contributed by atoms with van der Waals surface area (Å²) in [5.74, 6) is 0. The molecule has 16 heavy (non-hydrogen) atoms. The van der Waals surface area contributed by atoms with Crippen molar-refractivity contribution in [1.29, 1.82) is 5.26 Å². The fourth-order valence-corrected chi connectivity index (χ4v) is 2.99. The number of hydrogen-bond donors (Lipinski definition) is 1. The molecule has 1 unspecified atom stereocenters. The van der Waals surface area contributed by atoms with E-state index in [0.717, 1.165) is 10.1 Å². The van der Waals surface area contributed by atoms with Crippen molar-refractivity contribution in [3.05, 3.63) is 46.3 Å². The Bertz CT molecular complexity index is 597. The van der Waals surface area contributed by atoms with Crippen LogP contribution in [0.5, 0.6) is 0 Å². The van der Waals surface area contributed by atoms with Crippen LogP contribution in [0.2, 0.25) is 5.02 Å². The molecule has 0 aliphatic rings. The number of hydrogen-bond acceptors (Lipinski definition) is 3. The Kier molecular flexibility index (Phi) is 2.97. The van der Waals surface area contributed by atoms with Crippen LogP contribution in [0, 0.1) is 11.3 Å². The highest BCUT2D eigenvalue weighted by Crippen LogP contribution is 2.40. The summed E-state index contributed by atoms with van der Waals surface area (Å²) >= 11 is 7.53. The third-order valence-corrected chi connectivity index (χ3v) is 4.02. The summed E-state index contributed by atoms with van der Waals surface area (Å²) in [4.78, 5) is 0.578. The monoisotopic (exact) mass is 249 g/mol. The van der Waals surface area contributed by atoms with Crippen molar-refractivity contribution >= 4 is 33.0 Å². The third kappa shape index (κ3) is 1.72. The minimum atomic E-state index is -1.00. The molecule has 1 heterocycles. The Balaban J connectivity index is 2.58. The van der Waals surface area contributed by atoms with Crippen LogP contribution in [-0.4, -0.2) is 5.11 Å². The maximum Gasteiger partial charge on any atom is 0.124 e. The average Bonchev–Trinajstić information content (AvgIpc) is 2.65. The second-order valence-electron chi connectivity index (χ2n) is 3.32. The number of fused-ring (bicyclic) bond motifs is 1. The van der Waals surface area contributed by atoms with Gasteiger partial charge in [0.05, 0.1) is 21.5 Å². The molecule has 2 aromatic rings. The molecule has 0 saturated carbocycles. The first-order valence-corrected chi connectivity index (χ1v) is 5.78. The molecule has 0 fully saturated rings. The molecule has 0 aliphatic heterocycles. The third-order valence-electron chi connectivity index (χ3n) is 2.28. The molecule has 0 radical (unpaired) electrons. The van der Waals surface area contributed by atoms with E-state index in [1.54, 1.807) is 0 Å². The normalized spacial score (nSPS) is 12.3. The Hall–Kier alpha value is -1.34. The molecule has 80 valence electrons. The second-order valence-corrected chi connectivity index (χ2v) is 4.78. The molecule has 0 aliphatic carbocycles. The fraction of sp³-hybridized carbons (Fsp3) is 0.0833. The smallest absolute Gasteiger partial charge is 0.124 e. The maximum atomic E-state index is 9.87. The van der Waals surface area contributed by atoms with Gasteiger partial charge >= 0.3 is 0 Å².